The summed E-state index contributed by atoms with van der Waals surface area (Å²) in [4.78, 5) is 13.1. The van der Waals surface area contributed by atoms with Crippen molar-refractivity contribution in [1.82, 2.24) is 4.90 Å². The highest BCUT2D eigenvalue weighted by Gasteiger charge is 2.16. The first kappa shape index (κ1) is 11.7. The summed E-state index contributed by atoms with van der Waals surface area (Å²) in [6.45, 7) is 0.384. The molecule has 0 fully saturated rings. The number of carbonyl (C=O) groups is 1. The van der Waals surface area contributed by atoms with Gasteiger partial charge in [0.1, 0.15) is 0 Å². The molecule has 15 heavy (non-hydrogen) atoms. The number of hydrogen-bond acceptors (Lipinski definition) is 3. The molecule has 82 valence electrons. The minimum Gasteiger partial charge on any atom is -0.504 e. The van der Waals surface area contributed by atoms with Crippen molar-refractivity contribution in [3.8, 4) is 11.5 Å². The van der Waals surface area contributed by atoms with Gasteiger partial charge in [-0.3, -0.25) is 4.79 Å². The Morgan fingerprint density at radius 3 is 2.73 bits per heavy atom. The average Bonchev–Trinajstić information content (AvgIpc) is 2.21. The molecule has 0 saturated carbocycles. The van der Waals surface area contributed by atoms with Crippen LogP contribution in [0, 0.1) is 0 Å². The zero-order valence-corrected chi connectivity index (χ0v) is 9.03. The quantitative estimate of drug-likeness (QED) is 0.609. The van der Waals surface area contributed by atoms with Crippen LogP contribution < -0.4 is 0 Å². The van der Waals surface area contributed by atoms with Crippen LogP contribution in [0.15, 0.2) is 18.2 Å². The van der Waals surface area contributed by atoms with Crippen LogP contribution in [0.25, 0.3) is 0 Å². The summed E-state index contributed by atoms with van der Waals surface area (Å²) in [5, 5.41) is 18.7. The Morgan fingerprint density at radius 1 is 1.47 bits per heavy atom. The molecular weight excluding hydrogens is 218 g/mol. The summed E-state index contributed by atoms with van der Waals surface area (Å²) in [6, 6.07) is 4.26. The summed E-state index contributed by atoms with van der Waals surface area (Å²) in [5.41, 5.74) is 0.0719. The van der Waals surface area contributed by atoms with Crippen molar-refractivity contribution in [3.05, 3.63) is 23.8 Å². The Kier molecular flexibility index (Phi) is 3.80. The first-order chi connectivity index (χ1) is 7.07. The Bertz CT molecular complexity index is 368. The number of benzene rings is 1. The van der Waals surface area contributed by atoms with E-state index in [0.29, 0.717) is 12.4 Å². The molecule has 0 atom stereocenters. The van der Waals surface area contributed by atoms with E-state index in [9.17, 15) is 15.0 Å². The fraction of sp³-hybridized carbons (Fsp3) is 0.300. The predicted octanol–water partition coefficient (Wildman–Crippen LogP) is 1.41. The highest BCUT2D eigenvalue weighted by Crippen LogP contribution is 2.28. The van der Waals surface area contributed by atoms with E-state index in [-0.39, 0.29) is 17.2 Å². The normalized spacial score (nSPS) is 10.0. The molecule has 0 saturated heterocycles. The third-order valence-corrected chi connectivity index (χ3v) is 2.18. The Labute approximate surface area is 92.7 Å². The van der Waals surface area contributed by atoms with Gasteiger partial charge in [-0.25, -0.2) is 0 Å². The third-order valence-electron chi connectivity index (χ3n) is 2.01. The standard InChI is InChI=1S/C10H12ClNO3/c1-12(6-5-11)10(15)7-3-2-4-8(13)9(7)14/h2-4,13-14H,5-6H2,1H3. The molecule has 0 unspecified atom stereocenters. The minimum atomic E-state index is -0.399. The van der Waals surface area contributed by atoms with E-state index in [4.69, 9.17) is 11.6 Å². The molecule has 1 aromatic rings. The van der Waals surface area contributed by atoms with Crippen LogP contribution in [0.1, 0.15) is 10.4 Å². The number of para-hydroxylation sites is 1. The number of aromatic hydroxyl groups is 2. The maximum atomic E-state index is 11.7. The van der Waals surface area contributed by atoms with Gasteiger partial charge in [0.15, 0.2) is 11.5 Å². The number of halogens is 1. The van der Waals surface area contributed by atoms with E-state index in [1.54, 1.807) is 7.05 Å². The van der Waals surface area contributed by atoms with Gasteiger partial charge in [-0.15, -0.1) is 11.6 Å². The Morgan fingerprint density at radius 2 is 2.13 bits per heavy atom. The highest BCUT2D eigenvalue weighted by molar-refractivity contribution is 6.18. The van der Waals surface area contributed by atoms with E-state index in [1.807, 2.05) is 0 Å². The molecule has 0 bridgehead atoms. The predicted molar refractivity (Wildman–Crippen MR) is 57.5 cm³/mol. The Balaban J connectivity index is 2.96. The lowest BCUT2D eigenvalue weighted by Gasteiger charge is -2.16. The third kappa shape index (κ3) is 2.53. The zero-order chi connectivity index (χ0) is 11.4. The van der Waals surface area contributed by atoms with Crippen LogP contribution in [0.4, 0.5) is 0 Å². The van der Waals surface area contributed by atoms with E-state index in [1.165, 1.54) is 23.1 Å². The van der Waals surface area contributed by atoms with Gasteiger partial charge in [0.05, 0.1) is 5.56 Å². The summed E-state index contributed by atoms with van der Waals surface area (Å²) < 4.78 is 0. The Hall–Kier alpha value is -1.42. The summed E-state index contributed by atoms with van der Waals surface area (Å²) in [7, 11) is 1.58. The van der Waals surface area contributed by atoms with Crippen molar-refractivity contribution in [1.29, 1.82) is 0 Å². The summed E-state index contributed by atoms with van der Waals surface area (Å²) >= 11 is 5.49. The maximum Gasteiger partial charge on any atom is 0.257 e. The fourth-order valence-electron chi connectivity index (χ4n) is 1.14. The van der Waals surface area contributed by atoms with Crippen molar-refractivity contribution < 1.29 is 15.0 Å². The average molecular weight is 230 g/mol. The van der Waals surface area contributed by atoms with Gasteiger partial charge in [-0.1, -0.05) is 6.07 Å². The van der Waals surface area contributed by atoms with Gasteiger partial charge in [0.25, 0.3) is 5.91 Å². The van der Waals surface area contributed by atoms with Crippen molar-refractivity contribution in [3.63, 3.8) is 0 Å². The number of hydrogen-bond donors (Lipinski definition) is 2. The smallest absolute Gasteiger partial charge is 0.257 e. The lowest BCUT2D eigenvalue weighted by molar-refractivity contribution is 0.0799. The molecule has 2 N–H and O–H groups in total. The van der Waals surface area contributed by atoms with Gasteiger partial charge in [-0.05, 0) is 12.1 Å². The first-order valence-electron chi connectivity index (χ1n) is 4.40. The number of rotatable bonds is 3. The van der Waals surface area contributed by atoms with Crippen LogP contribution in [-0.4, -0.2) is 40.5 Å². The molecule has 0 aliphatic carbocycles. The number of carbonyl (C=O) groups excluding carboxylic acids is 1. The lowest BCUT2D eigenvalue weighted by Crippen LogP contribution is -2.28. The minimum absolute atomic E-state index is 0.0719. The summed E-state index contributed by atoms with van der Waals surface area (Å²) in [5.74, 6) is -0.755. The van der Waals surface area contributed by atoms with Crippen LogP contribution in [0.2, 0.25) is 0 Å². The monoisotopic (exact) mass is 229 g/mol. The molecule has 0 heterocycles. The second kappa shape index (κ2) is 4.89. The molecule has 0 radical (unpaired) electrons. The van der Waals surface area contributed by atoms with Gasteiger partial charge >= 0.3 is 0 Å². The number of nitrogens with zero attached hydrogens (tertiary/aromatic N) is 1. The highest BCUT2D eigenvalue weighted by atomic mass is 35.5. The molecule has 0 aromatic heterocycles. The SMILES string of the molecule is CN(CCCl)C(=O)c1cccc(O)c1O. The number of alkyl halides is 1. The lowest BCUT2D eigenvalue weighted by atomic mass is 10.1. The van der Waals surface area contributed by atoms with Crippen molar-refractivity contribution in [2.75, 3.05) is 19.5 Å². The van der Waals surface area contributed by atoms with Gasteiger partial charge in [0.2, 0.25) is 0 Å². The van der Waals surface area contributed by atoms with Crippen LogP contribution in [0.5, 0.6) is 11.5 Å². The molecule has 1 aromatic carbocycles. The maximum absolute atomic E-state index is 11.7. The van der Waals surface area contributed by atoms with Crippen molar-refractivity contribution in [2.45, 2.75) is 0 Å². The first-order valence-corrected chi connectivity index (χ1v) is 4.93. The van der Waals surface area contributed by atoms with Crippen LogP contribution in [-0.2, 0) is 0 Å². The fourth-order valence-corrected chi connectivity index (χ4v) is 1.39. The largest absolute Gasteiger partial charge is 0.504 e. The second-order valence-electron chi connectivity index (χ2n) is 3.09. The van der Waals surface area contributed by atoms with E-state index >= 15 is 0 Å². The van der Waals surface area contributed by atoms with Gasteiger partial charge in [0, 0.05) is 19.5 Å². The van der Waals surface area contributed by atoms with Gasteiger partial charge < -0.3 is 15.1 Å². The molecule has 0 aliphatic rings. The summed E-state index contributed by atoms with van der Waals surface area (Å²) in [6.07, 6.45) is 0. The molecule has 5 heteroatoms. The topological polar surface area (TPSA) is 60.8 Å². The zero-order valence-electron chi connectivity index (χ0n) is 8.27. The molecular formula is C10H12ClNO3. The molecule has 1 rings (SSSR count). The molecule has 1 amide bonds. The van der Waals surface area contributed by atoms with Crippen LogP contribution in [0.3, 0.4) is 0 Å². The van der Waals surface area contributed by atoms with Gasteiger partial charge in [-0.2, -0.15) is 0 Å². The molecule has 0 aliphatic heterocycles. The van der Waals surface area contributed by atoms with E-state index < -0.39 is 5.75 Å². The molecule has 4 nitrogen and oxygen atoms in total. The van der Waals surface area contributed by atoms with Crippen molar-refractivity contribution >= 4 is 17.5 Å². The number of phenolic OH excluding ortho intramolecular Hbond substituents is 2. The van der Waals surface area contributed by atoms with E-state index in [2.05, 4.69) is 0 Å². The molecule has 0 spiro atoms. The second-order valence-corrected chi connectivity index (χ2v) is 3.47. The van der Waals surface area contributed by atoms with E-state index in [0.717, 1.165) is 0 Å². The number of phenols is 2. The van der Waals surface area contributed by atoms with Crippen LogP contribution >= 0.6 is 11.6 Å². The van der Waals surface area contributed by atoms with Crippen molar-refractivity contribution in [2.24, 2.45) is 0 Å². The number of amides is 1.